The fourth-order valence-corrected chi connectivity index (χ4v) is 5.61. The molecular weight excluding hydrogens is 438 g/mol. The fourth-order valence-electron chi connectivity index (χ4n) is 3.67. The van der Waals surface area contributed by atoms with E-state index >= 15 is 0 Å². The maximum absolute atomic E-state index is 12.5. The first kappa shape index (κ1) is 21.2. The van der Waals surface area contributed by atoms with Crippen molar-refractivity contribution in [3.8, 4) is 10.6 Å². The predicted octanol–water partition coefficient (Wildman–Crippen LogP) is 6.05. The highest BCUT2D eigenvalue weighted by Gasteiger charge is 2.31. The van der Waals surface area contributed by atoms with E-state index in [0.29, 0.717) is 11.7 Å². The van der Waals surface area contributed by atoms with Crippen molar-refractivity contribution in [3.05, 3.63) is 53.9 Å². The number of thiazole rings is 1. The highest BCUT2D eigenvalue weighted by molar-refractivity contribution is 7.99. The number of aromatic nitrogens is 4. The van der Waals surface area contributed by atoms with Crippen LogP contribution >= 0.6 is 23.1 Å². The molecule has 1 N–H and O–H groups in total. The van der Waals surface area contributed by atoms with Crippen LogP contribution in [0.2, 0.25) is 0 Å². The van der Waals surface area contributed by atoms with Crippen molar-refractivity contribution >= 4 is 44.9 Å². The molecule has 1 amide bonds. The van der Waals surface area contributed by atoms with Gasteiger partial charge in [0.05, 0.1) is 16.0 Å². The molecular formula is C24H25N5OS2. The van der Waals surface area contributed by atoms with E-state index in [2.05, 4.69) is 59.1 Å². The van der Waals surface area contributed by atoms with Gasteiger partial charge in [-0.05, 0) is 75.6 Å². The summed E-state index contributed by atoms with van der Waals surface area (Å²) < 4.78 is 3.36. The van der Waals surface area contributed by atoms with Crippen LogP contribution in [-0.2, 0) is 4.79 Å². The van der Waals surface area contributed by atoms with Crippen LogP contribution < -0.4 is 5.32 Å². The smallest absolute Gasteiger partial charge is 0.234 e. The molecule has 32 heavy (non-hydrogen) atoms. The van der Waals surface area contributed by atoms with Crippen LogP contribution in [0.25, 0.3) is 20.8 Å². The van der Waals surface area contributed by atoms with Crippen LogP contribution in [0.4, 0.5) is 5.69 Å². The standard InChI is InChI=1S/C24H25N5OS2/c1-14(2)29-22(16-5-6-16)27-28-24(29)31-13-21(30)25-18-9-7-17(8-10-18)23-26-19-11-4-15(3)12-20(19)32-23/h4,7-12,14,16H,5-6,13H2,1-3H3,(H,25,30). The topological polar surface area (TPSA) is 72.7 Å². The quantitative estimate of drug-likeness (QED) is 0.338. The molecule has 8 heteroatoms. The van der Waals surface area contributed by atoms with Crippen molar-refractivity contribution in [1.29, 1.82) is 0 Å². The summed E-state index contributed by atoms with van der Waals surface area (Å²) in [4.78, 5) is 17.3. The number of nitrogens with zero attached hydrogens (tertiary/aromatic N) is 4. The SMILES string of the molecule is Cc1ccc2nc(-c3ccc(NC(=O)CSc4nnc(C5CC5)n4C(C)C)cc3)sc2c1. The van der Waals surface area contributed by atoms with E-state index in [9.17, 15) is 4.79 Å². The molecule has 0 radical (unpaired) electrons. The number of fused-ring (bicyclic) bond motifs is 1. The van der Waals surface area contributed by atoms with Crippen LogP contribution in [-0.4, -0.2) is 31.4 Å². The third-order valence-electron chi connectivity index (χ3n) is 5.44. The Kier molecular flexibility index (Phi) is 5.73. The Bertz CT molecular complexity index is 1270. The summed E-state index contributed by atoms with van der Waals surface area (Å²) in [6.07, 6.45) is 2.37. The van der Waals surface area contributed by atoms with E-state index in [1.165, 1.54) is 34.9 Å². The van der Waals surface area contributed by atoms with Crippen molar-refractivity contribution in [2.75, 3.05) is 11.1 Å². The molecule has 6 nitrogen and oxygen atoms in total. The summed E-state index contributed by atoms with van der Waals surface area (Å²) in [6.45, 7) is 6.36. The lowest BCUT2D eigenvalue weighted by Crippen LogP contribution is -2.15. The van der Waals surface area contributed by atoms with E-state index in [1.54, 1.807) is 11.3 Å². The van der Waals surface area contributed by atoms with Gasteiger partial charge in [-0.25, -0.2) is 4.98 Å². The number of anilines is 1. The van der Waals surface area contributed by atoms with Gasteiger partial charge >= 0.3 is 0 Å². The summed E-state index contributed by atoms with van der Waals surface area (Å²) in [5, 5.41) is 13.5. The number of carbonyl (C=O) groups excluding carboxylic acids is 1. The molecule has 0 bridgehead atoms. The first-order valence-corrected chi connectivity index (χ1v) is 12.6. The lowest BCUT2D eigenvalue weighted by Gasteiger charge is -2.13. The molecule has 4 aromatic rings. The molecule has 0 atom stereocenters. The number of amides is 1. The molecule has 0 aliphatic heterocycles. The molecule has 2 aromatic carbocycles. The van der Waals surface area contributed by atoms with Crippen LogP contribution in [0.5, 0.6) is 0 Å². The normalized spacial score (nSPS) is 13.8. The van der Waals surface area contributed by atoms with E-state index in [-0.39, 0.29) is 11.9 Å². The largest absolute Gasteiger partial charge is 0.325 e. The molecule has 0 spiro atoms. The van der Waals surface area contributed by atoms with E-state index < -0.39 is 0 Å². The predicted molar refractivity (Wildman–Crippen MR) is 132 cm³/mol. The minimum absolute atomic E-state index is 0.0514. The van der Waals surface area contributed by atoms with Crippen molar-refractivity contribution < 1.29 is 4.79 Å². The zero-order valence-electron chi connectivity index (χ0n) is 18.3. The Balaban J connectivity index is 1.22. The van der Waals surface area contributed by atoms with E-state index in [1.807, 2.05) is 24.3 Å². The molecule has 0 unspecified atom stereocenters. The Morgan fingerprint density at radius 3 is 2.69 bits per heavy atom. The molecule has 2 aromatic heterocycles. The zero-order chi connectivity index (χ0) is 22.2. The Morgan fingerprint density at radius 2 is 1.97 bits per heavy atom. The van der Waals surface area contributed by atoms with Gasteiger partial charge in [-0.1, -0.05) is 17.8 Å². The maximum Gasteiger partial charge on any atom is 0.234 e. The molecule has 5 rings (SSSR count). The summed E-state index contributed by atoms with van der Waals surface area (Å²) in [7, 11) is 0. The van der Waals surface area contributed by atoms with Gasteiger partial charge in [-0.3, -0.25) is 4.79 Å². The lowest BCUT2D eigenvalue weighted by atomic mass is 10.2. The molecule has 1 saturated carbocycles. The molecule has 1 aliphatic carbocycles. The number of carbonyl (C=O) groups is 1. The Hall–Kier alpha value is -2.71. The minimum atomic E-state index is -0.0514. The number of thioether (sulfide) groups is 1. The number of aryl methyl sites for hydroxylation is 1. The van der Waals surface area contributed by atoms with Crippen molar-refractivity contribution in [3.63, 3.8) is 0 Å². The second-order valence-corrected chi connectivity index (χ2v) is 10.5. The van der Waals surface area contributed by atoms with E-state index in [0.717, 1.165) is 32.8 Å². The van der Waals surface area contributed by atoms with Gasteiger partial charge in [0.2, 0.25) is 5.91 Å². The highest BCUT2D eigenvalue weighted by Crippen LogP contribution is 2.41. The third kappa shape index (κ3) is 4.42. The molecule has 0 saturated heterocycles. The highest BCUT2D eigenvalue weighted by atomic mass is 32.2. The molecule has 2 heterocycles. The molecule has 1 aliphatic rings. The number of nitrogens with one attached hydrogen (secondary N) is 1. The molecule has 164 valence electrons. The summed E-state index contributed by atoms with van der Waals surface area (Å²) >= 11 is 3.13. The summed E-state index contributed by atoms with van der Waals surface area (Å²) in [5.74, 6) is 1.84. The van der Waals surface area contributed by atoms with Crippen LogP contribution in [0.1, 0.15) is 50.0 Å². The van der Waals surface area contributed by atoms with Gasteiger partial charge < -0.3 is 9.88 Å². The monoisotopic (exact) mass is 463 g/mol. The zero-order valence-corrected chi connectivity index (χ0v) is 20.0. The van der Waals surface area contributed by atoms with Gasteiger partial charge in [-0.15, -0.1) is 21.5 Å². The van der Waals surface area contributed by atoms with Gasteiger partial charge in [0.25, 0.3) is 0 Å². The van der Waals surface area contributed by atoms with Crippen LogP contribution in [0.3, 0.4) is 0 Å². The van der Waals surface area contributed by atoms with Gasteiger partial charge in [0.1, 0.15) is 10.8 Å². The number of benzene rings is 2. The third-order valence-corrected chi connectivity index (χ3v) is 7.45. The summed E-state index contributed by atoms with van der Waals surface area (Å²) in [6, 6.07) is 14.5. The second-order valence-electron chi connectivity index (χ2n) is 8.48. The first-order valence-electron chi connectivity index (χ1n) is 10.8. The fraction of sp³-hybridized carbons (Fsp3) is 0.333. The van der Waals surface area contributed by atoms with E-state index in [4.69, 9.17) is 4.98 Å². The van der Waals surface area contributed by atoms with Crippen LogP contribution in [0, 0.1) is 6.92 Å². The van der Waals surface area contributed by atoms with Crippen molar-refractivity contribution in [2.24, 2.45) is 0 Å². The van der Waals surface area contributed by atoms with Crippen LogP contribution in [0.15, 0.2) is 47.6 Å². The number of rotatable bonds is 7. The van der Waals surface area contributed by atoms with Gasteiger partial charge in [0, 0.05) is 23.2 Å². The Labute approximate surface area is 195 Å². The van der Waals surface area contributed by atoms with Gasteiger partial charge in [0.15, 0.2) is 5.16 Å². The minimum Gasteiger partial charge on any atom is -0.325 e. The summed E-state index contributed by atoms with van der Waals surface area (Å²) in [5.41, 5.74) is 4.08. The first-order chi connectivity index (χ1) is 15.5. The van der Waals surface area contributed by atoms with Crippen molar-refractivity contribution in [2.45, 2.75) is 50.7 Å². The second kappa shape index (κ2) is 8.67. The lowest BCUT2D eigenvalue weighted by molar-refractivity contribution is -0.113. The molecule has 1 fully saturated rings. The van der Waals surface area contributed by atoms with Crippen molar-refractivity contribution in [1.82, 2.24) is 19.7 Å². The number of hydrogen-bond acceptors (Lipinski definition) is 6. The van der Waals surface area contributed by atoms with Gasteiger partial charge in [-0.2, -0.15) is 0 Å². The average Bonchev–Trinajstić information content (AvgIpc) is 3.38. The Morgan fingerprint density at radius 1 is 1.19 bits per heavy atom. The maximum atomic E-state index is 12.5. The average molecular weight is 464 g/mol. The number of hydrogen-bond donors (Lipinski definition) is 1.